The van der Waals surface area contributed by atoms with E-state index in [1.165, 1.54) is 0 Å². The number of aliphatic hydroxyl groups is 1. The maximum Gasteiger partial charge on any atom is 0.163 e. The minimum Gasteiger partial charge on any atom is -0.390 e. The second-order valence-corrected chi connectivity index (χ2v) is 5.22. The smallest absolute Gasteiger partial charge is 0.163 e. The summed E-state index contributed by atoms with van der Waals surface area (Å²) in [6.07, 6.45) is 0.912. The van der Waals surface area contributed by atoms with Crippen molar-refractivity contribution >= 4 is 0 Å². The highest BCUT2D eigenvalue weighted by molar-refractivity contribution is 4.85. The third-order valence-corrected chi connectivity index (χ3v) is 3.32. The van der Waals surface area contributed by atoms with Crippen LogP contribution in [-0.2, 0) is 18.9 Å². The van der Waals surface area contributed by atoms with E-state index >= 15 is 0 Å². The Morgan fingerprint density at radius 3 is 2.65 bits per heavy atom. The van der Waals surface area contributed by atoms with Crippen LogP contribution in [0.4, 0.5) is 0 Å². The van der Waals surface area contributed by atoms with E-state index in [1.807, 2.05) is 13.8 Å². The molecule has 2 rings (SSSR count). The summed E-state index contributed by atoms with van der Waals surface area (Å²) >= 11 is 0. The van der Waals surface area contributed by atoms with Gasteiger partial charge in [0.1, 0.15) is 6.10 Å². The molecule has 1 N–H and O–H groups in total. The highest BCUT2D eigenvalue weighted by atomic mass is 16.7. The lowest BCUT2D eigenvalue weighted by molar-refractivity contribution is -0.147. The van der Waals surface area contributed by atoms with Crippen LogP contribution in [-0.4, -0.2) is 55.6 Å². The van der Waals surface area contributed by atoms with Gasteiger partial charge in [-0.2, -0.15) is 0 Å². The van der Waals surface area contributed by atoms with E-state index in [2.05, 4.69) is 0 Å². The normalized spacial score (nSPS) is 40.9. The zero-order valence-electron chi connectivity index (χ0n) is 10.7. The van der Waals surface area contributed by atoms with Crippen LogP contribution in [0.5, 0.6) is 0 Å². The molecular weight excluding hydrogens is 224 g/mol. The highest BCUT2D eigenvalue weighted by Crippen LogP contribution is 2.27. The third kappa shape index (κ3) is 3.39. The molecule has 2 aliphatic rings. The van der Waals surface area contributed by atoms with Gasteiger partial charge < -0.3 is 24.1 Å². The monoisotopic (exact) mass is 246 g/mol. The SMILES string of the molecule is COC1CC(OCC2COC(C)(C)O2)CC1O. The van der Waals surface area contributed by atoms with Gasteiger partial charge in [0.2, 0.25) is 0 Å². The van der Waals surface area contributed by atoms with E-state index in [1.54, 1.807) is 7.11 Å². The topological polar surface area (TPSA) is 57.2 Å². The number of ether oxygens (including phenoxy) is 4. The Hall–Kier alpha value is -0.200. The van der Waals surface area contributed by atoms with Crippen LogP contribution >= 0.6 is 0 Å². The van der Waals surface area contributed by atoms with Gasteiger partial charge in [0, 0.05) is 20.0 Å². The summed E-state index contributed by atoms with van der Waals surface area (Å²) in [5.74, 6) is -0.502. The lowest BCUT2D eigenvalue weighted by atomic mass is 10.3. The molecule has 0 aromatic heterocycles. The quantitative estimate of drug-likeness (QED) is 0.791. The summed E-state index contributed by atoms with van der Waals surface area (Å²) in [5.41, 5.74) is 0. The van der Waals surface area contributed by atoms with E-state index in [4.69, 9.17) is 18.9 Å². The van der Waals surface area contributed by atoms with Crippen molar-refractivity contribution in [3.8, 4) is 0 Å². The van der Waals surface area contributed by atoms with E-state index < -0.39 is 11.9 Å². The van der Waals surface area contributed by atoms with Gasteiger partial charge in [0.25, 0.3) is 0 Å². The molecule has 1 aliphatic heterocycles. The van der Waals surface area contributed by atoms with Crippen molar-refractivity contribution < 1.29 is 24.1 Å². The molecule has 1 aliphatic carbocycles. The van der Waals surface area contributed by atoms with Crippen LogP contribution in [0.15, 0.2) is 0 Å². The van der Waals surface area contributed by atoms with Crippen LogP contribution in [0.25, 0.3) is 0 Å². The van der Waals surface area contributed by atoms with Crippen LogP contribution in [0, 0.1) is 0 Å². The Morgan fingerprint density at radius 1 is 1.35 bits per heavy atom. The predicted octanol–water partition coefficient (Wildman–Crippen LogP) is 0.693. The second-order valence-electron chi connectivity index (χ2n) is 5.22. The number of rotatable bonds is 4. The lowest BCUT2D eigenvalue weighted by Crippen LogP contribution is -2.26. The van der Waals surface area contributed by atoms with Gasteiger partial charge >= 0.3 is 0 Å². The molecule has 4 unspecified atom stereocenters. The summed E-state index contributed by atoms with van der Waals surface area (Å²) < 4.78 is 22.0. The number of hydrogen-bond donors (Lipinski definition) is 1. The summed E-state index contributed by atoms with van der Waals surface area (Å²) in [6, 6.07) is 0. The molecule has 0 radical (unpaired) electrons. The van der Waals surface area contributed by atoms with Crippen molar-refractivity contribution in [2.75, 3.05) is 20.3 Å². The second kappa shape index (κ2) is 5.20. The molecule has 0 aromatic carbocycles. The van der Waals surface area contributed by atoms with Crippen LogP contribution in [0.1, 0.15) is 26.7 Å². The van der Waals surface area contributed by atoms with E-state index in [0.29, 0.717) is 19.6 Å². The maximum atomic E-state index is 9.67. The molecule has 0 spiro atoms. The minimum atomic E-state index is -0.502. The van der Waals surface area contributed by atoms with Gasteiger partial charge in [0.15, 0.2) is 5.79 Å². The Bertz CT molecular complexity index is 255. The first-order valence-electron chi connectivity index (χ1n) is 6.14. The average molecular weight is 246 g/mol. The molecule has 2 fully saturated rings. The van der Waals surface area contributed by atoms with Crippen LogP contribution in [0.2, 0.25) is 0 Å². The van der Waals surface area contributed by atoms with Gasteiger partial charge in [-0.05, 0) is 13.8 Å². The average Bonchev–Trinajstić information content (AvgIpc) is 2.78. The molecule has 1 saturated heterocycles. The van der Waals surface area contributed by atoms with Gasteiger partial charge in [-0.3, -0.25) is 0 Å². The molecular formula is C12H22O5. The molecule has 0 aromatic rings. The summed E-state index contributed by atoms with van der Waals surface area (Å²) in [6.45, 7) is 4.87. The Labute approximate surface area is 102 Å². The molecule has 100 valence electrons. The van der Waals surface area contributed by atoms with Crippen molar-refractivity contribution in [3.63, 3.8) is 0 Å². The predicted molar refractivity (Wildman–Crippen MR) is 60.7 cm³/mol. The molecule has 1 saturated carbocycles. The first-order valence-corrected chi connectivity index (χ1v) is 6.14. The van der Waals surface area contributed by atoms with E-state index in [-0.39, 0.29) is 18.3 Å². The first-order chi connectivity index (χ1) is 8.00. The molecule has 0 amide bonds. The van der Waals surface area contributed by atoms with Crippen molar-refractivity contribution in [1.29, 1.82) is 0 Å². The molecule has 17 heavy (non-hydrogen) atoms. The van der Waals surface area contributed by atoms with Gasteiger partial charge in [-0.1, -0.05) is 0 Å². The fraction of sp³-hybridized carbons (Fsp3) is 1.00. The first kappa shape index (κ1) is 13.2. The fourth-order valence-electron chi connectivity index (χ4n) is 2.41. The van der Waals surface area contributed by atoms with Crippen molar-refractivity contribution in [2.24, 2.45) is 0 Å². The van der Waals surface area contributed by atoms with Crippen molar-refractivity contribution in [1.82, 2.24) is 0 Å². The minimum absolute atomic E-state index is 0.0104. The zero-order chi connectivity index (χ0) is 12.5. The molecule has 5 heteroatoms. The summed E-state index contributed by atoms with van der Waals surface area (Å²) in [5, 5.41) is 9.67. The highest BCUT2D eigenvalue weighted by Gasteiger charge is 2.36. The Balaban J connectivity index is 1.70. The summed E-state index contributed by atoms with van der Waals surface area (Å²) in [7, 11) is 1.62. The number of aliphatic hydroxyl groups excluding tert-OH is 1. The van der Waals surface area contributed by atoms with Crippen LogP contribution in [0.3, 0.4) is 0 Å². The van der Waals surface area contributed by atoms with E-state index in [9.17, 15) is 5.11 Å². The molecule has 1 heterocycles. The fourth-order valence-corrected chi connectivity index (χ4v) is 2.41. The zero-order valence-corrected chi connectivity index (χ0v) is 10.7. The number of methoxy groups -OCH3 is 1. The largest absolute Gasteiger partial charge is 0.390 e. The van der Waals surface area contributed by atoms with Crippen molar-refractivity contribution in [3.05, 3.63) is 0 Å². The van der Waals surface area contributed by atoms with Gasteiger partial charge in [0.05, 0.1) is 31.5 Å². The van der Waals surface area contributed by atoms with Crippen LogP contribution < -0.4 is 0 Å². The number of hydrogen-bond acceptors (Lipinski definition) is 5. The van der Waals surface area contributed by atoms with E-state index in [0.717, 1.165) is 6.42 Å². The molecule has 5 nitrogen and oxygen atoms in total. The third-order valence-electron chi connectivity index (χ3n) is 3.32. The standard InChI is InChI=1S/C12H22O5/c1-12(2)16-7-9(17-12)6-15-8-4-10(13)11(5-8)14-3/h8-11,13H,4-7H2,1-3H3. The lowest BCUT2D eigenvalue weighted by Gasteiger charge is -2.18. The van der Waals surface area contributed by atoms with Gasteiger partial charge in [-0.25, -0.2) is 0 Å². The maximum absolute atomic E-state index is 9.67. The van der Waals surface area contributed by atoms with Crippen molar-refractivity contribution in [2.45, 2.75) is 56.9 Å². The van der Waals surface area contributed by atoms with Gasteiger partial charge in [-0.15, -0.1) is 0 Å². The molecule has 4 atom stereocenters. The Morgan fingerprint density at radius 2 is 2.12 bits per heavy atom. The Kier molecular flexibility index (Phi) is 4.05. The molecule has 0 bridgehead atoms. The summed E-state index contributed by atoms with van der Waals surface area (Å²) in [4.78, 5) is 0.